The number of ether oxygens (including phenoxy) is 1. The van der Waals surface area contributed by atoms with Crippen LogP contribution in [0.15, 0.2) is 42.5 Å². The van der Waals surface area contributed by atoms with Crippen LogP contribution in [-0.4, -0.2) is 18.5 Å². The van der Waals surface area contributed by atoms with Gasteiger partial charge < -0.3 is 10.1 Å². The number of aryl methyl sites for hydroxylation is 2. The van der Waals surface area contributed by atoms with Gasteiger partial charge in [0.15, 0.2) is 6.61 Å². The van der Waals surface area contributed by atoms with Crippen molar-refractivity contribution in [1.29, 1.82) is 0 Å². The van der Waals surface area contributed by atoms with E-state index in [4.69, 9.17) is 16.3 Å². The van der Waals surface area contributed by atoms with Crippen LogP contribution in [0.2, 0.25) is 5.02 Å². The Morgan fingerprint density at radius 1 is 1.13 bits per heavy atom. The van der Waals surface area contributed by atoms with Gasteiger partial charge in [-0.1, -0.05) is 47.5 Å². The molecule has 23 heavy (non-hydrogen) atoms. The molecule has 0 spiro atoms. The molecular formula is C18H18ClNO3. The van der Waals surface area contributed by atoms with Gasteiger partial charge >= 0.3 is 5.97 Å². The molecule has 0 radical (unpaired) electrons. The molecule has 4 nitrogen and oxygen atoms in total. The molecule has 0 saturated carbocycles. The normalized spacial score (nSPS) is 10.2. The summed E-state index contributed by atoms with van der Waals surface area (Å²) in [5, 5.41) is 3.25. The van der Waals surface area contributed by atoms with Gasteiger partial charge in [-0.05, 0) is 37.1 Å². The third-order valence-electron chi connectivity index (χ3n) is 3.37. The summed E-state index contributed by atoms with van der Waals surface area (Å²) in [7, 11) is 0. The summed E-state index contributed by atoms with van der Waals surface area (Å²) in [4.78, 5) is 23.8. The van der Waals surface area contributed by atoms with E-state index in [0.717, 1.165) is 16.7 Å². The van der Waals surface area contributed by atoms with Gasteiger partial charge in [0.1, 0.15) is 0 Å². The third kappa shape index (κ3) is 4.83. The molecule has 0 aliphatic carbocycles. The molecule has 0 aromatic heterocycles. The third-order valence-corrected chi connectivity index (χ3v) is 3.74. The Kier molecular flexibility index (Phi) is 5.77. The van der Waals surface area contributed by atoms with Crippen LogP contribution in [0.4, 0.5) is 0 Å². The van der Waals surface area contributed by atoms with E-state index in [2.05, 4.69) is 5.32 Å². The monoisotopic (exact) mass is 331 g/mol. The largest absolute Gasteiger partial charge is 0.452 e. The average molecular weight is 332 g/mol. The number of hydrogen-bond donors (Lipinski definition) is 1. The van der Waals surface area contributed by atoms with Crippen molar-refractivity contribution in [3.05, 3.63) is 69.7 Å². The van der Waals surface area contributed by atoms with Crippen LogP contribution in [-0.2, 0) is 16.1 Å². The van der Waals surface area contributed by atoms with E-state index >= 15 is 0 Å². The lowest BCUT2D eigenvalue weighted by molar-refractivity contribution is -0.124. The molecule has 0 unspecified atom stereocenters. The van der Waals surface area contributed by atoms with Gasteiger partial charge in [0.05, 0.1) is 5.56 Å². The highest BCUT2D eigenvalue weighted by Gasteiger charge is 2.12. The maximum atomic E-state index is 12.0. The fraction of sp³-hybridized carbons (Fsp3) is 0.222. The smallest absolute Gasteiger partial charge is 0.338 e. The summed E-state index contributed by atoms with van der Waals surface area (Å²) in [6.45, 7) is 3.75. The van der Waals surface area contributed by atoms with Crippen molar-refractivity contribution < 1.29 is 14.3 Å². The number of carbonyl (C=O) groups excluding carboxylic acids is 2. The summed E-state index contributed by atoms with van der Waals surface area (Å²) >= 11 is 6.01. The van der Waals surface area contributed by atoms with E-state index in [1.807, 2.05) is 44.2 Å². The predicted molar refractivity (Wildman–Crippen MR) is 89.5 cm³/mol. The molecule has 0 bridgehead atoms. The van der Waals surface area contributed by atoms with Crippen LogP contribution in [0, 0.1) is 13.8 Å². The highest BCUT2D eigenvalue weighted by atomic mass is 35.5. The van der Waals surface area contributed by atoms with Gasteiger partial charge in [-0.2, -0.15) is 0 Å². The number of carbonyl (C=O) groups is 2. The first-order valence-electron chi connectivity index (χ1n) is 7.22. The van der Waals surface area contributed by atoms with Gasteiger partial charge in [0.2, 0.25) is 0 Å². The van der Waals surface area contributed by atoms with E-state index in [0.29, 0.717) is 17.1 Å². The first kappa shape index (κ1) is 17.0. The van der Waals surface area contributed by atoms with Crippen molar-refractivity contribution in [2.75, 3.05) is 6.61 Å². The van der Waals surface area contributed by atoms with E-state index < -0.39 is 5.97 Å². The quantitative estimate of drug-likeness (QED) is 0.854. The van der Waals surface area contributed by atoms with Crippen molar-refractivity contribution >= 4 is 23.5 Å². The van der Waals surface area contributed by atoms with E-state index in [9.17, 15) is 9.59 Å². The minimum Gasteiger partial charge on any atom is -0.452 e. The first-order valence-corrected chi connectivity index (χ1v) is 7.59. The molecule has 0 heterocycles. The zero-order valence-corrected chi connectivity index (χ0v) is 13.8. The fourth-order valence-electron chi connectivity index (χ4n) is 2.14. The van der Waals surface area contributed by atoms with Gasteiger partial charge in [-0.25, -0.2) is 4.79 Å². The van der Waals surface area contributed by atoms with E-state index in [-0.39, 0.29) is 12.5 Å². The number of esters is 1. The van der Waals surface area contributed by atoms with Crippen molar-refractivity contribution in [3.8, 4) is 0 Å². The van der Waals surface area contributed by atoms with Crippen LogP contribution in [0.25, 0.3) is 0 Å². The molecule has 0 aliphatic rings. The molecule has 0 saturated heterocycles. The van der Waals surface area contributed by atoms with Crippen molar-refractivity contribution in [2.45, 2.75) is 20.4 Å². The number of benzene rings is 2. The average Bonchev–Trinajstić information content (AvgIpc) is 2.52. The second-order valence-corrected chi connectivity index (χ2v) is 5.67. The molecule has 120 valence electrons. The van der Waals surface area contributed by atoms with Crippen molar-refractivity contribution in [2.24, 2.45) is 0 Å². The Hall–Kier alpha value is -2.33. The zero-order valence-electron chi connectivity index (χ0n) is 13.1. The number of rotatable bonds is 5. The topological polar surface area (TPSA) is 55.4 Å². The molecule has 0 aliphatic heterocycles. The fourth-order valence-corrected chi connectivity index (χ4v) is 2.34. The molecule has 5 heteroatoms. The number of halogens is 1. The van der Waals surface area contributed by atoms with Gasteiger partial charge in [0, 0.05) is 11.6 Å². The highest BCUT2D eigenvalue weighted by Crippen LogP contribution is 2.14. The molecule has 0 fully saturated rings. The second kappa shape index (κ2) is 7.79. The SMILES string of the molecule is Cc1ccc(C(=O)OCC(=O)NCc2ccccc2Cl)c(C)c1. The maximum Gasteiger partial charge on any atom is 0.338 e. The Labute approximate surface area is 140 Å². The van der Waals surface area contributed by atoms with Gasteiger partial charge in [-0.15, -0.1) is 0 Å². The summed E-state index contributed by atoms with van der Waals surface area (Å²) in [6.07, 6.45) is 0. The Morgan fingerprint density at radius 3 is 2.57 bits per heavy atom. The maximum absolute atomic E-state index is 12.0. The van der Waals surface area contributed by atoms with Crippen LogP contribution in [0.5, 0.6) is 0 Å². The van der Waals surface area contributed by atoms with Crippen LogP contribution >= 0.6 is 11.6 Å². The molecule has 0 atom stereocenters. The first-order chi connectivity index (χ1) is 11.0. The van der Waals surface area contributed by atoms with Gasteiger partial charge in [-0.3, -0.25) is 4.79 Å². The number of hydrogen-bond acceptors (Lipinski definition) is 3. The second-order valence-electron chi connectivity index (χ2n) is 5.26. The van der Waals surface area contributed by atoms with Crippen molar-refractivity contribution in [3.63, 3.8) is 0 Å². The predicted octanol–water partition coefficient (Wildman–Crippen LogP) is 3.43. The highest BCUT2D eigenvalue weighted by molar-refractivity contribution is 6.31. The Bertz CT molecular complexity index is 728. The summed E-state index contributed by atoms with van der Waals surface area (Å²) in [5.41, 5.74) is 3.17. The molecule has 2 aromatic carbocycles. The molecular weight excluding hydrogens is 314 g/mol. The van der Waals surface area contributed by atoms with Crippen LogP contribution < -0.4 is 5.32 Å². The van der Waals surface area contributed by atoms with Crippen LogP contribution in [0.1, 0.15) is 27.0 Å². The standard InChI is InChI=1S/C18H18ClNO3/c1-12-7-8-15(13(2)9-12)18(22)23-11-17(21)20-10-14-5-3-4-6-16(14)19/h3-9H,10-11H2,1-2H3,(H,20,21). The number of nitrogens with one attached hydrogen (secondary N) is 1. The van der Waals surface area contributed by atoms with Crippen LogP contribution in [0.3, 0.4) is 0 Å². The molecule has 2 aromatic rings. The Balaban J connectivity index is 1.84. The van der Waals surface area contributed by atoms with E-state index in [1.54, 1.807) is 12.1 Å². The molecule has 2 rings (SSSR count). The van der Waals surface area contributed by atoms with E-state index in [1.165, 1.54) is 0 Å². The Morgan fingerprint density at radius 2 is 1.87 bits per heavy atom. The summed E-state index contributed by atoms with van der Waals surface area (Å²) in [5.74, 6) is -0.876. The minimum absolute atomic E-state index is 0.291. The lowest BCUT2D eigenvalue weighted by Gasteiger charge is -2.09. The zero-order chi connectivity index (χ0) is 16.8. The molecule has 1 amide bonds. The van der Waals surface area contributed by atoms with Crippen molar-refractivity contribution in [1.82, 2.24) is 5.32 Å². The minimum atomic E-state index is -0.504. The molecule has 1 N–H and O–H groups in total. The number of amides is 1. The summed E-state index contributed by atoms with van der Waals surface area (Å²) < 4.78 is 5.05. The lowest BCUT2D eigenvalue weighted by Crippen LogP contribution is -2.28. The lowest BCUT2D eigenvalue weighted by atomic mass is 10.1. The van der Waals surface area contributed by atoms with Gasteiger partial charge in [0.25, 0.3) is 5.91 Å². The summed E-state index contributed by atoms with van der Waals surface area (Å²) in [6, 6.07) is 12.7.